The summed E-state index contributed by atoms with van der Waals surface area (Å²) in [6.07, 6.45) is -0.416. The summed E-state index contributed by atoms with van der Waals surface area (Å²) < 4.78 is 10.3. The number of ether oxygens (including phenoxy) is 2. The second-order valence-corrected chi connectivity index (χ2v) is 8.53. The second kappa shape index (κ2) is 9.64. The van der Waals surface area contributed by atoms with Crippen LogP contribution in [0.25, 0.3) is 0 Å². The van der Waals surface area contributed by atoms with Gasteiger partial charge in [-0.15, -0.1) is 0 Å². The standard InChI is InChI=1S/C24H28N2O5/c1-24(2,3)31-22(28)25-15-19-11-9-18(10-12-19)14-21(27)26-20(16-30-23(26)29)13-17-7-5-4-6-8-17/h4-12,20H,13-16H2,1-3H3,(H,25,28)/t20-/m1/s1. The fourth-order valence-corrected chi connectivity index (χ4v) is 3.33. The van der Waals surface area contributed by atoms with Crippen LogP contribution in [0.1, 0.15) is 37.5 Å². The Kier molecular flexibility index (Phi) is 6.95. The van der Waals surface area contributed by atoms with Crippen LogP contribution in [0.15, 0.2) is 54.6 Å². The van der Waals surface area contributed by atoms with Gasteiger partial charge in [0.2, 0.25) is 5.91 Å². The first-order chi connectivity index (χ1) is 14.7. The van der Waals surface area contributed by atoms with Crippen molar-refractivity contribution < 1.29 is 23.9 Å². The minimum Gasteiger partial charge on any atom is -0.447 e. The lowest BCUT2D eigenvalue weighted by molar-refractivity contribution is -0.128. The minimum absolute atomic E-state index is 0.0974. The normalized spacial score (nSPS) is 16.0. The maximum Gasteiger partial charge on any atom is 0.416 e. The van der Waals surface area contributed by atoms with E-state index < -0.39 is 17.8 Å². The molecule has 0 spiro atoms. The van der Waals surface area contributed by atoms with Gasteiger partial charge >= 0.3 is 12.2 Å². The number of carbonyl (C=O) groups is 3. The molecule has 1 N–H and O–H groups in total. The minimum atomic E-state index is -0.593. The van der Waals surface area contributed by atoms with Crippen LogP contribution in [0.5, 0.6) is 0 Å². The summed E-state index contributed by atoms with van der Waals surface area (Å²) in [5, 5.41) is 2.70. The Hall–Kier alpha value is -3.35. The van der Waals surface area contributed by atoms with Crippen molar-refractivity contribution in [2.45, 2.75) is 51.8 Å². The van der Waals surface area contributed by atoms with E-state index in [1.54, 1.807) is 20.8 Å². The molecule has 2 aromatic rings. The lowest BCUT2D eigenvalue weighted by Gasteiger charge is -2.20. The monoisotopic (exact) mass is 424 g/mol. The summed E-state index contributed by atoms with van der Waals surface area (Å²) in [4.78, 5) is 37.9. The maximum atomic E-state index is 12.8. The van der Waals surface area contributed by atoms with E-state index in [-0.39, 0.29) is 25.0 Å². The highest BCUT2D eigenvalue weighted by atomic mass is 16.6. The van der Waals surface area contributed by atoms with Gasteiger partial charge in [0.15, 0.2) is 0 Å². The second-order valence-electron chi connectivity index (χ2n) is 8.53. The quantitative estimate of drug-likeness (QED) is 0.762. The Balaban J connectivity index is 1.55. The van der Waals surface area contributed by atoms with Gasteiger partial charge in [0.05, 0.1) is 12.5 Å². The van der Waals surface area contributed by atoms with Crippen LogP contribution in [0, 0.1) is 0 Å². The lowest BCUT2D eigenvalue weighted by Crippen LogP contribution is -2.41. The highest BCUT2D eigenvalue weighted by Gasteiger charge is 2.37. The van der Waals surface area contributed by atoms with Crippen LogP contribution in [-0.4, -0.2) is 41.2 Å². The molecule has 1 atom stereocenters. The zero-order valence-electron chi connectivity index (χ0n) is 18.1. The Morgan fingerprint density at radius 2 is 1.68 bits per heavy atom. The van der Waals surface area contributed by atoms with Crippen molar-refractivity contribution in [2.75, 3.05) is 6.61 Å². The molecule has 1 aliphatic rings. The molecule has 1 heterocycles. The Labute approximate surface area is 182 Å². The molecule has 0 aromatic heterocycles. The van der Waals surface area contributed by atoms with Crippen LogP contribution in [0.2, 0.25) is 0 Å². The predicted octanol–water partition coefficient (Wildman–Crippen LogP) is 3.84. The average molecular weight is 424 g/mol. The van der Waals surface area contributed by atoms with Gasteiger partial charge in [-0.2, -0.15) is 0 Å². The van der Waals surface area contributed by atoms with Gasteiger partial charge in [-0.05, 0) is 43.9 Å². The molecule has 1 aliphatic heterocycles. The molecular weight excluding hydrogens is 396 g/mol. The van der Waals surface area contributed by atoms with E-state index in [0.29, 0.717) is 13.0 Å². The lowest BCUT2D eigenvalue weighted by atomic mass is 10.0. The van der Waals surface area contributed by atoms with Gasteiger partial charge in [-0.3, -0.25) is 4.79 Å². The summed E-state index contributed by atoms with van der Waals surface area (Å²) in [5.41, 5.74) is 2.16. The third kappa shape index (κ3) is 6.57. The number of rotatable bonds is 6. The first-order valence-electron chi connectivity index (χ1n) is 10.3. The number of amides is 3. The third-order valence-corrected chi connectivity index (χ3v) is 4.76. The molecule has 164 valence electrons. The number of benzene rings is 2. The number of hydrogen-bond donors (Lipinski definition) is 1. The molecule has 3 rings (SSSR count). The van der Waals surface area contributed by atoms with Crippen molar-refractivity contribution in [3.63, 3.8) is 0 Å². The molecular formula is C24H28N2O5. The Bertz CT molecular complexity index is 919. The van der Waals surface area contributed by atoms with Crippen molar-refractivity contribution >= 4 is 18.1 Å². The maximum absolute atomic E-state index is 12.8. The highest BCUT2D eigenvalue weighted by Crippen LogP contribution is 2.19. The zero-order valence-corrected chi connectivity index (χ0v) is 18.1. The van der Waals surface area contributed by atoms with E-state index in [4.69, 9.17) is 9.47 Å². The summed E-state index contributed by atoms with van der Waals surface area (Å²) in [6.45, 7) is 5.94. The SMILES string of the molecule is CC(C)(C)OC(=O)NCc1ccc(CC(=O)N2C(=O)OC[C@H]2Cc2ccccc2)cc1. The van der Waals surface area contributed by atoms with E-state index in [1.165, 1.54) is 4.90 Å². The number of nitrogens with one attached hydrogen (secondary N) is 1. The van der Waals surface area contributed by atoms with Crippen molar-refractivity contribution in [1.29, 1.82) is 0 Å². The average Bonchev–Trinajstić information content (AvgIpc) is 3.07. The third-order valence-electron chi connectivity index (χ3n) is 4.76. The Morgan fingerprint density at radius 1 is 1.03 bits per heavy atom. The van der Waals surface area contributed by atoms with Crippen LogP contribution in [0.4, 0.5) is 9.59 Å². The molecule has 0 radical (unpaired) electrons. The number of cyclic esters (lactones) is 1. The molecule has 2 aromatic carbocycles. The molecule has 3 amide bonds. The summed E-state index contributed by atoms with van der Waals surface area (Å²) in [6, 6.07) is 16.7. The number of nitrogens with zero attached hydrogens (tertiary/aromatic N) is 1. The van der Waals surface area contributed by atoms with Crippen LogP contribution >= 0.6 is 0 Å². The van der Waals surface area contributed by atoms with E-state index in [9.17, 15) is 14.4 Å². The van der Waals surface area contributed by atoms with Gasteiger partial charge in [0.25, 0.3) is 0 Å². The molecule has 7 heteroatoms. The van der Waals surface area contributed by atoms with Crippen LogP contribution < -0.4 is 5.32 Å². The van der Waals surface area contributed by atoms with Crippen LogP contribution in [-0.2, 0) is 33.7 Å². The molecule has 0 unspecified atom stereocenters. The number of imide groups is 1. The van der Waals surface area contributed by atoms with Gasteiger partial charge in [0, 0.05) is 6.54 Å². The molecule has 0 aliphatic carbocycles. The van der Waals surface area contributed by atoms with Crippen molar-refractivity contribution in [3.8, 4) is 0 Å². The summed E-state index contributed by atoms with van der Waals surface area (Å²) in [5.74, 6) is -0.289. The van der Waals surface area contributed by atoms with Crippen molar-refractivity contribution in [2.24, 2.45) is 0 Å². The van der Waals surface area contributed by atoms with Gasteiger partial charge in [-0.1, -0.05) is 54.6 Å². The van der Waals surface area contributed by atoms with E-state index in [0.717, 1.165) is 16.7 Å². The van der Waals surface area contributed by atoms with E-state index >= 15 is 0 Å². The topological polar surface area (TPSA) is 84.9 Å². The van der Waals surface area contributed by atoms with E-state index in [1.807, 2.05) is 54.6 Å². The predicted molar refractivity (Wildman–Crippen MR) is 115 cm³/mol. The highest BCUT2D eigenvalue weighted by molar-refractivity contribution is 5.94. The molecule has 1 fully saturated rings. The summed E-state index contributed by atoms with van der Waals surface area (Å²) >= 11 is 0. The summed E-state index contributed by atoms with van der Waals surface area (Å²) in [7, 11) is 0. The molecule has 7 nitrogen and oxygen atoms in total. The largest absolute Gasteiger partial charge is 0.447 e. The Morgan fingerprint density at radius 3 is 2.32 bits per heavy atom. The van der Waals surface area contributed by atoms with Gasteiger partial charge < -0.3 is 14.8 Å². The van der Waals surface area contributed by atoms with Crippen molar-refractivity contribution in [3.05, 3.63) is 71.3 Å². The number of alkyl carbamates (subject to hydrolysis) is 1. The molecule has 31 heavy (non-hydrogen) atoms. The van der Waals surface area contributed by atoms with Crippen molar-refractivity contribution in [1.82, 2.24) is 10.2 Å². The van der Waals surface area contributed by atoms with Gasteiger partial charge in [-0.25, -0.2) is 14.5 Å². The van der Waals surface area contributed by atoms with Crippen LogP contribution in [0.3, 0.4) is 0 Å². The molecule has 1 saturated heterocycles. The first-order valence-corrected chi connectivity index (χ1v) is 10.3. The fourth-order valence-electron chi connectivity index (χ4n) is 3.33. The zero-order chi connectivity index (χ0) is 22.4. The molecule has 0 saturated carbocycles. The van der Waals surface area contributed by atoms with Gasteiger partial charge in [0.1, 0.15) is 12.2 Å². The smallest absolute Gasteiger partial charge is 0.416 e. The first kappa shape index (κ1) is 22.3. The van der Waals surface area contributed by atoms with E-state index in [2.05, 4.69) is 5.32 Å². The fraction of sp³-hybridized carbons (Fsp3) is 0.375. The number of hydrogen-bond acceptors (Lipinski definition) is 5. The molecule has 0 bridgehead atoms. The number of carbonyl (C=O) groups excluding carboxylic acids is 3.